The van der Waals surface area contributed by atoms with Gasteiger partial charge >= 0.3 is 5.97 Å². The second-order valence-electron chi connectivity index (χ2n) is 5.12. The molecule has 0 saturated heterocycles. The lowest BCUT2D eigenvalue weighted by Gasteiger charge is -2.18. The molecule has 0 aliphatic carbocycles. The predicted octanol–water partition coefficient (Wildman–Crippen LogP) is 1.10. The van der Waals surface area contributed by atoms with E-state index in [0.717, 1.165) is 0 Å². The third kappa shape index (κ3) is 4.91. The lowest BCUT2D eigenvalue weighted by atomic mass is 10.0. The number of ether oxygens (including phenoxy) is 1. The number of hydrogen-bond acceptors (Lipinski definition) is 4. The first kappa shape index (κ1) is 16.7. The van der Waals surface area contributed by atoms with Crippen molar-refractivity contribution in [2.75, 3.05) is 7.11 Å². The van der Waals surface area contributed by atoms with Gasteiger partial charge in [0, 0.05) is 11.1 Å². The van der Waals surface area contributed by atoms with Gasteiger partial charge in [-0.05, 0) is 36.6 Å². The molecule has 0 aliphatic rings. The molecule has 0 heterocycles. The van der Waals surface area contributed by atoms with Crippen LogP contribution >= 0.6 is 0 Å². The molecule has 0 fully saturated rings. The Morgan fingerprint density at radius 2 is 1.67 bits per heavy atom. The van der Waals surface area contributed by atoms with Crippen molar-refractivity contribution in [1.29, 1.82) is 0 Å². The number of primary amides is 1. The molecule has 0 bridgehead atoms. The molecule has 1 atom stereocenters. The van der Waals surface area contributed by atoms with Crippen LogP contribution in [-0.2, 0) is 9.53 Å². The Bertz CT molecular complexity index is 523. The number of esters is 1. The van der Waals surface area contributed by atoms with E-state index in [1.54, 1.807) is 0 Å². The number of nitrogens with two attached hydrogens (primary N) is 1. The van der Waals surface area contributed by atoms with Crippen molar-refractivity contribution < 1.29 is 19.1 Å². The minimum absolute atomic E-state index is 0.228. The highest BCUT2D eigenvalue weighted by Gasteiger charge is 2.23. The summed E-state index contributed by atoms with van der Waals surface area (Å²) in [5.41, 5.74) is 5.80. The fourth-order valence-corrected chi connectivity index (χ4v) is 1.86. The molecule has 6 nitrogen and oxygen atoms in total. The van der Waals surface area contributed by atoms with E-state index in [9.17, 15) is 14.4 Å². The van der Waals surface area contributed by atoms with Crippen molar-refractivity contribution in [2.24, 2.45) is 11.7 Å². The van der Waals surface area contributed by atoms with Gasteiger partial charge in [-0.25, -0.2) is 4.79 Å². The minimum Gasteiger partial charge on any atom is -0.467 e. The molecule has 1 aromatic carbocycles. The standard InChI is InChI=1S/C15H20N2O4/c1-9(2)8-12(15(20)21-3)17-14(19)11-6-4-10(5-7-11)13(16)18/h4-7,9,12H,8H2,1-3H3,(H2,16,18)(H,17,19). The van der Waals surface area contributed by atoms with Gasteiger partial charge in [0.2, 0.25) is 5.91 Å². The van der Waals surface area contributed by atoms with Crippen molar-refractivity contribution in [3.8, 4) is 0 Å². The van der Waals surface area contributed by atoms with Crippen molar-refractivity contribution in [1.82, 2.24) is 5.32 Å². The highest BCUT2D eigenvalue weighted by atomic mass is 16.5. The van der Waals surface area contributed by atoms with Crippen molar-refractivity contribution >= 4 is 17.8 Å². The second kappa shape index (κ2) is 7.42. The molecule has 0 saturated carbocycles. The summed E-state index contributed by atoms with van der Waals surface area (Å²) >= 11 is 0. The highest BCUT2D eigenvalue weighted by Crippen LogP contribution is 2.09. The van der Waals surface area contributed by atoms with Crippen LogP contribution in [0.1, 0.15) is 41.0 Å². The zero-order valence-electron chi connectivity index (χ0n) is 12.4. The highest BCUT2D eigenvalue weighted by molar-refractivity contribution is 5.98. The molecule has 0 radical (unpaired) electrons. The summed E-state index contributed by atoms with van der Waals surface area (Å²) in [6.07, 6.45) is 0.484. The van der Waals surface area contributed by atoms with Crippen LogP contribution in [0, 0.1) is 5.92 Å². The fraction of sp³-hybridized carbons (Fsp3) is 0.400. The molecule has 1 aromatic rings. The van der Waals surface area contributed by atoms with Crippen LogP contribution in [0.3, 0.4) is 0 Å². The molecular formula is C15H20N2O4. The summed E-state index contributed by atoms with van der Waals surface area (Å²) < 4.78 is 4.69. The average molecular weight is 292 g/mol. The Hall–Kier alpha value is -2.37. The van der Waals surface area contributed by atoms with Crippen molar-refractivity contribution in [3.63, 3.8) is 0 Å². The lowest BCUT2D eigenvalue weighted by molar-refractivity contribution is -0.143. The topological polar surface area (TPSA) is 98.5 Å². The molecule has 1 rings (SSSR count). The van der Waals surface area contributed by atoms with Crippen LogP contribution in [-0.4, -0.2) is 30.9 Å². The Kier molecular flexibility index (Phi) is 5.90. The van der Waals surface area contributed by atoms with E-state index in [4.69, 9.17) is 5.73 Å². The van der Waals surface area contributed by atoms with E-state index >= 15 is 0 Å². The molecule has 0 aromatic heterocycles. The first-order valence-corrected chi connectivity index (χ1v) is 6.63. The number of benzene rings is 1. The van der Waals surface area contributed by atoms with Gasteiger partial charge in [-0.3, -0.25) is 9.59 Å². The van der Waals surface area contributed by atoms with Crippen LogP contribution in [0.25, 0.3) is 0 Å². The van der Waals surface area contributed by atoms with Gasteiger partial charge in [0.1, 0.15) is 6.04 Å². The van der Waals surface area contributed by atoms with Crippen LogP contribution in [0.15, 0.2) is 24.3 Å². The van der Waals surface area contributed by atoms with Crippen molar-refractivity contribution in [2.45, 2.75) is 26.3 Å². The second-order valence-corrected chi connectivity index (χ2v) is 5.12. The first-order valence-electron chi connectivity index (χ1n) is 6.63. The molecule has 3 N–H and O–H groups in total. The summed E-state index contributed by atoms with van der Waals surface area (Å²) in [7, 11) is 1.28. The Balaban J connectivity index is 2.81. The monoisotopic (exact) mass is 292 g/mol. The summed E-state index contributed by atoms with van der Waals surface area (Å²) in [5, 5.41) is 2.63. The molecule has 21 heavy (non-hydrogen) atoms. The molecular weight excluding hydrogens is 272 g/mol. The minimum atomic E-state index is -0.696. The van der Waals surface area contributed by atoms with E-state index in [1.165, 1.54) is 31.4 Å². The quantitative estimate of drug-likeness (QED) is 0.767. The van der Waals surface area contributed by atoms with E-state index in [-0.39, 0.29) is 5.92 Å². The third-order valence-electron chi connectivity index (χ3n) is 2.93. The number of rotatable bonds is 6. The maximum Gasteiger partial charge on any atom is 0.328 e. The molecule has 0 spiro atoms. The molecule has 114 valence electrons. The van der Waals surface area contributed by atoms with E-state index in [2.05, 4.69) is 10.1 Å². The Labute approximate surface area is 123 Å². The zero-order chi connectivity index (χ0) is 16.0. The van der Waals surface area contributed by atoms with Crippen LogP contribution in [0.2, 0.25) is 0 Å². The van der Waals surface area contributed by atoms with Crippen molar-refractivity contribution in [3.05, 3.63) is 35.4 Å². The van der Waals surface area contributed by atoms with Gasteiger partial charge in [0.15, 0.2) is 0 Å². The smallest absolute Gasteiger partial charge is 0.328 e. The van der Waals surface area contributed by atoms with Gasteiger partial charge in [0.05, 0.1) is 7.11 Å². The zero-order valence-corrected chi connectivity index (χ0v) is 12.4. The number of methoxy groups -OCH3 is 1. The van der Waals surface area contributed by atoms with E-state index in [0.29, 0.717) is 17.5 Å². The molecule has 2 amide bonds. The average Bonchev–Trinajstić information content (AvgIpc) is 2.45. The largest absolute Gasteiger partial charge is 0.467 e. The number of carbonyl (C=O) groups excluding carboxylic acids is 3. The maximum absolute atomic E-state index is 12.1. The van der Waals surface area contributed by atoms with Gasteiger partial charge in [0.25, 0.3) is 5.91 Å². The maximum atomic E-state index is 12.1. The first-order chi connectivity index (χ1) is 9.85. The van der Waals surface area contributed by atoms with Crippen LogP contribution in [0.5, 0.6) is 0 Å². The van der Waals surface area contributed by atoms with Gasteiger partial charge < -0.3 is 15.8 Å². The van der Waals surface area contributed by atoms with Gasteiger partial charge in [-0.2, -0.15) is 0 Å². The van der Waals surface area contributed by atoms with Crippen LogP contribution < -0.4 is 11.1 Å². The Morgan fingerprint density at radius 3 is 2.10 bits per heavy atom. The number of amides is 2. The summed E-state index contributed by atoms with van der Waals surface area (Å²) in [6.45, 7) is 3.90. The van der Waals surface area contributed by atoms with Gasteiger partial charge in [-0.15, -0.1) is 0 Å². The lowest BCUT2D eigenvalue weighted by Crippen LogP contribution is -2.42. The van der Waals surface area contributed by atoms with Crippen LogP contribution in [0.4, 0.5) is 0 Å². The third-order valence-corrected chi connectivity index (χ3v) is 2.93. The summed E-state index contributed by atoms with van der Waals surface area (Å²) in [5.74, 6) is -1.21. The Morgan fingerprint density at radius 1 is 1.14 bits per heavy atom. The molecule has 6 heteroatoms. The molecule has 0 aliphatic heterocycles. The number of nitrogens with one attached hydrogen (secondary N) is 1. The number of carbonyl (C=O) groups is 3. The van der Waals surface area contributed by atoms with E-state index < -0.39 is 23.8 Å². The summed E-state index contributed by atoms with van der Waals surface area (Å²) in [6, 6.07) is 5.20. The summed E-state index contributed by atoms with van der Waals surface area (Å²) in [4.78, 5) is 34.7. The van der Waals surface area contributed by atoms with Gasteiger partial charge in [-0.1, -0.05) is 13.8 Å². The number of hydrogen-bond donors (Lipinski definition) is 2. The SMILES string of the molecule is COC(=O)C(CC(C)C)NC(=O)c1ccc(C(N)=O)cc1. The van der Waals surface area contributed by atoms with E-state index in [1.807, 2.05) is 13.8 Å². The fourth-order valence-electron chi connectivity index (χ4n) is 1.86. The molecule has 1 unspecified atom stereocenters. The predicted molar refractivity (Wildman–Crippen MR) is 77.7 cm³/mol. The normalized spacial score (nSPS) is 11.8.